The molecule has 114 valence electrons. The van der Waals surface area contributed by atoms with E-state index in [9.17, 15) is 4.79 Å². The third kappa shape index (κ3) is 2.92. The summed E-state index contributed by atoms with van der Waals surface area (Å²) in [6, 6.07) is 7.06. The highest BCUT2D eigenvalue weighted by Gasteiger charge is 2.20. The summed E-state index contributed by atoms with van der Waals surface area (Å²) in [5.74, 6) is 1.01. The van der Waals surface area contributed by atoms with E-state index in [1.165, 1.54) is 6.33 Å². The monoisotopic (exact) mass is 298 g/mol. The molecule has 6 heteroatoms. The lowest BCUT2D eigenvalue weighted by molar-refractivity contribution is 0.0963. The van der Waals surface area contributed by atoms with E-state index in [1.807, 2.05) is 6.07 Å². The fourth-order valence-corrected chi connectivity index (χ4v) is 2.50. The van der Waals surface area contributed by atoms with Crippen molar-refractivity contribution in [1.29, 1.82) is 0 Å². The Kier molecular flexibility index (Phi) is 4.02. The van der Waals surface area contributed by atoms with Crippen molar-refractivity contribution < 1.29 is 9.53 Å². The predicted octanol–water partition coefficient (Wildman–Crippen LogP) is 1.62. The van der Waals surface area contributed by atoms with Crippen LogP contribution in [0.5, 0.6) is 11.6 Å². The maximum absolute atomic E-state index is 11.7. The zero-order chi connectivity index (χ0) is 15.5. The lowest BCUT2D eigenvalue weighted by atomic mass is 10.1. The van der Waals surface area contributed by atoms with Crippen LogP contribution in [0.15, 0.2) is 30.6 Å². The van der Waals surface area contributed by atoms with Crippen LogP contribution in [0.25, 0.3) is 0 Å². The van der Waals surface area contributed by atoms with Gasteiger partial charge in [-0.2, -0.15) is 0 Å². The molecule has 0 spiro atoms. The van der Waals surface area contributed by atoms with Gasteiger partial charge in [-0.1, -0.05) is 6.07 Å². The van der Waals surface area contributed by atoms with E-state index < -0.39 is 0 Å². The van der Waals surface area contributed by atoms with E-state index in [4.69, 9.17) is 4.74 Å². The minimum Gasteiger partial charge on any atom is -0.439 e. The number of carbonyl (C=O) groups excluding carboxylic acids is 1. The predicted molar refractivity (Wildman–Crippen MR) is 82.0 cm³/mol. The van der Waals surface area contributed by atoms with E-state index in [-0.39, 0.29) is 5.91 Å². The largest absolute Gasteiger partial charge is 0.439 e. The molecule has 0 saturated heterocycles. The molecule has 1 N–H and O–H groups in total. The molecule has 0 unspecified atom stereocenters. The minimum atomic E-state index is -0.144. The molecule has 6 nitrogen and oxygen atoms in total. The molecule has 1 amide bonds. The molecule has 1 aromatic carbocycles. The van der Waals surface area contributed by atoms with Gasteiger partial charge < -0.3 is 15.0 Å². The Labute approximate surface area is 129 Å². The van der Waals surface area contributed by atoms with Crippen molar-refractivity contribution in [2.45, 2.75) is 13.0 Å². The summed E-state index contributed by atoms with van der Waals surface area (Å²) in [5.41, 5.74) is 2.60. The van der Waals surface area contributed by atoms with Crippen LogP contribution >= 0.6 is 0 Å². The summed E-state index contributed by atoms with van der Waals surface area (Å²) in [4.78, 5) is 22.5. The van der Waals surface area contributed by atoms with Gasteiger partial charge in [0.05, 0.1) is 11.3 Å². The number of nitrogens with one attached hydrogen (secondary N) is 1. The van der Waals surface area contributed by atoms with Gasteiger partial charge in [0.1, 0.15) is 12.1 Å². The lowest BCUT2D eigenvalue weighted by Gasteiger charge is -2.25. The van der Waals surface area contributed by atoms with Gasteiger partial charge in [0.25, 0.3) is 5.91 Å². The second kappa shape index (κ2) is 6.11. The van der Waals surface area contributed by atoms with E-state index >= 15 is 0 Å². The number of aromatic nitrogens is 2. The van der Waals surface area contributed by atoms with Gasteiger partial charge in [0, 0.05) is 32.1 Å². The summed E-state index contributed by atoms with van der Waals surface area (Å²) in [7, 11) is 3.67. The summed E-state index contributed by atoms with van der Waals surface area (Å²) in [6.45, 7) is 1.75. The molecule has 22 heavy (non-hydrogen) atoms. The highest BCUT2D eigenvalue weighted by atomic mass is 16.5. The van der Waals surface area contributed by atoms with Crippen molar-refractivity contribution >= 4 is 5.91 Å². The normalized spacial score (nSPS) is 14.3. The van der Waals surface area contributed by atoms with E-state index in [2.05, 4.69) is 27.2 Å². The number of nitrogens with zero attached hydrogens (tertiary/aromatic N) is 3. The van der Waals surface area contributed by atoms with Gasteiger partial charge in [0.2, 0.25) is 5.88 Å². The van der Waals surface area contributed by atoms with Crippen LogP contribution in [-0.4, -0.2) is 41.4 Å². The number of carbonyl (C=O) groups is 1. The van der Waals surface area contributed by atoms with Crippen molar-refractivity contribution in [1.82, 2.24) is 20.2 Å². The third-order valence-electron chi connectivity index (χ3n) is 3.69. The van der Waals surface area contributed by atoms with Crippen LogP contribution in [-0.2, 0) is 13.0 Å². The average molecular weight is 298 g/mol. The molecule has 1 aromatic heterocycles. The average Bonchev–Trinajstić information content (AvgIpc) is 2.55. The first kappa shape index (κ1) is 14.5. The van der Waals surface area contributed by atoms with Crippen molar-refractivity contribution in [3.63, 3.8) is 0 Å². The number of likely N-dealkylation sites (N-methyl/N-ethyl adjacent to an activating group) is 1. The lowest BCUT2D eigenvalue weighted by Crippen LogP contribution is -2.27. The molecule has 0 radical (unpaired) electrons. The summed E-state index contributed by atoms with van der Waals surface area (Å²) >= 11 is 0. The van der Waals surface area contributed by atoms with Crippen molar-refractivity contribution in [3.8, 4) is 11.6 Å². The molecule has 0 fully saturated rings. The number of ether oxygens (including phenoxy) is 1. The number of fused-ring (bicyclic) bond motifs is 1. The topological polar surface area (TPSA) is 67.3 Å². The molecule has 3 rings (SSSR count). The molecule has 2 aromatic rings. The van der Waals surface area contributed by atoms with Gasteiger partial charge in [-0.25, -0.2) is 9.97 Å². The van der Waals surface area contributed by atoms with Crippen molar-refractivity contribution in [3.05, 3.63) is 47.4 Å². The molecule has 1 aliphatic rings. The SMILES string of the molecule is CNC(=O)c1cccc(Oc2ncnc3c2CN(C)CC3)c1. The Morgan fingerprint density at radius 1 is 1.36 bits per heavy atom. The molecule has 0 aliphatic carbocycles. The second-order valence-corrected chi connectivity index (χ2v) is 5.30. The molecule has 2 heterocycles. The van der Waals surface area contributed by atoms with Crippen molar-refractivity contribution in [2.24, 2.45) is 0 Å². The zero-order valence-corrected chi connectivity index (χ0v) is 12.7. The summed E-state index contributed by atoms with van der Waals surface area (Å²) in [6.07, 6.45) is 2.42. The smallest absolute Gasteiger partial charge is 0.251 e. The summed E-state index contributed by atoms with van der Waals surface area (Å²) < 4.78 is 5.90. The maximum atomic E-state index is 11.7. The second-order valence-electron chi connectivity index (χ2n) is 5.30. The van der Waals surface area contributed by atoms with Crippen LogP contribution in [0.4, 0.5) is 0 Å². The Hall–Kier alpha value is -2.47. The number of hydrogen-bond acceptors (Lipinski definition) is 5. The minimum absolute atomic E-state index is 0.144. The highest BCUT2D eigenvalue weighted by molar-refractivity contribution is 5.94. The molecule has 0 saturated carbocycles. The standard InChI is InChI=1S/C16H18N4O2/c1-17-15(21)11-4-3-5-12(8-11)22-16-13-9-20(2)7-6-14(13)18-10-19-16/h3-5,8,10H,6-7,9H2,1-2H3,(H,17,21). The van der Waals surface area contributed by atoms with Crippen LogP contribution in [0.1, 0.15) is 21.6 Å². The summed E-state index contributed by atoms with van der Waals surface area (Å²) in [5, 5.41) is 2.60. The quantitative estimate of drug-likeness (QED) is 0.932. The highest BCUT2D eigenvalue weighted by Crippen LogP contribution is 2.28. The van der Waals surface area contributed by atoms with E-state index in [0.717, 1.165) is 30.8 Å². The number of amides is 1. The van der Waals surface area contributed by atoms with Gasteiger partial charge in [-0.3, -0.25) is 4.79 Å². The third-order valence-corrected chi connectivity index (χ3v) is 3.69. The first-order chi connectivity index (χ1) is 10.7. The first-order valence-corrected chi connectivity index (χ1v) is 7.18. The molecule has 0 atom stereocenters. The van der Waals surface area contributed by atoms with E-state index in [0.29, 0.717) is 17.2 Å². The maximum Gasteiger partial charge on any atom is 0.251 e. The fraction of sp³-hybridized carbons (Fsp3) is 0.312. The van der Waals surface area contributed by atoms with Gasteiger partial charge in [-0.05, 0) is 25.2 Å². The van der Waals surface area contributed by atoms with Gasteiger partial charge >= 0.3 is 0 Å². The Balaban J connectivity index is 1.89. The Bertz CT molecular complexity index is 702. The van der Waals surface area contributed by atoms with Gasteiger partial charge in [0.15, 0.2) is 0 Å². The number of benzene rings is 1. The molecular weight excluding hydrogens is 280 g/mol. The fourth-order valence-electron chi connectivity index (χ4n) is 2.50. The first-order valence-electron chi connectivity index (χ1n) is 7.18. The molecular formula is C16H18N4O2. The van der Waals surface area contributed by atoms with Crippen molar-refractivity contribution in [2.75, 3.05) is 20.6 Å². The number of rotatable bonds is 3. The molecule has 0 bridgehead atoms. The Morgan fingerprint density at radius 3 is 3.05 bits per heavy atom. The Morgan fingerprint density at radius 2 is 2.23 bits per heavy atom. The van der Waals surface area contributed by atoms with Gasteiger partial charge in [-0.15, -0.1) is 0 Å². The van der Waals surface area contributed by atoms with Crippen LogP contribution in [0.3, 0.4) is 0 Å². The van der Waals surface area contributed by atoms with E-state index in [1.54, 1.807) is 25.2 Å². The van der Waals surface area contributed by atoms with Crippen LogP contribution in [0, 0.1) is 0 Å². The number of hydrogen-bond donors (Lipinski definition) is 1. The van der Waals surface area contributed by atoms with Crippen LogP contribution in [0.2, 0.25) is 0 Å². The zero-order valence-electron chi connectivity index (χ0n) is 12.7. The van der Waals surface area contributed by atoms with Crippen LogP contribution < -0.4 is 10.1 Å². The molecule has 1 aliphatic heterocycles.